The van der Waals surface area contributed by atoms with Crippen LogP contribution < -0.4 is 24.0 Å². The van der Waals surface area contributed by atoms with Gasteiger partial charge >= 0.3 is 45.2 Å². The van der Waals surface area contributed by atoms with Crippen molar-refractivity contribution in [2.24, 2.45) is 0 Å². The van der Waals surface area contributed by atoms with Crippen LogP contribution in [-0.4, -0.2) is 90.8 Å². The molecule has 0 amide bonds. The maximum Gasteiger partial charge on any atom is 2.00 e. The number of alkyl halides is 6. The van der Waals surface area contributed by atoms with Crippen molar-refractivity contribution in [3.8, 4) is 0 Å². The molecule has 0 aromatic heterocycles. The molecule has 0 saturated heterocycles. The molecule has 2 unspecified atom stereocenters. The van der Waals surface area contributed by atoms with E-state index in [1.165, 1.54) is 190 Å². The molecule has 0 heterocycles. The monoisotopic (exact) mass is 1300 g/mol. The van der Waals surface area contributed by atoms with Crippen LogP contribution in [0.3, 0.4) is 0 Å². The molecule has 0 radical (unpaired) electrons. The van der Waals surface area contributed by atoms with Gasteiger partial charge in [-0.15, -0.1) is 0 Å². The van der Waals surface area contributed by atoms with E-state index in [1.807, 2.05) is 0 Å². The largest absolute Gasteiger partial charge is 2.00 e. The molecule has 6 rings (SSSR count). The third-order valence-corrected chi connectivity index (χ3v) is 12.8. The van der Waals surface area contributed by atoms with E-state index in [4.69, 9.17) is 23.0 Å². The first-order chi connectivity index (χ1) is 31.9. The molecule has 0 spiro atoms. The van der Waals surface area contributed by atoms with Gasteiger partial charge in [-0.2, -0.15) is 26.3 Å². The van der Waals surface area contributed by atoms with Gasteiger partial charge in [-0.25, -0.2) is 13.1 Å². The Labute approximate surface area is 500 Å². The second-order valence-corrected chi connectivity index (χ2v) is 21.3. The van der Waals surface area contributed by atoms with Gasteiger partial charge in [0.25, 0.3) is 11.1 Å². The molecule has 2 aromatic carbocycles. The summed E-state index contributed by atoms with van der Waals surface area (Å²) < 4.78 is 79.4. The van der Waals surface area contributed by atoms with Gasteiger partial charge in [0, 0.05) is 41.4 Å². The van der Waals surface area contributed by atoms with Crippen molar-refractivity contribution in [2.75, 3.05) is 47.5 Å². The van der Waals surface area contributed by atoms with Crippen LogP contribution in [0.4, 0.5) is 26.3 Å². The van der Waals surface area contributed by atoms with Crippen LogP contribution in [0, 0.1) is 42.9 Å². The number of thioether (sulfide) groups is 2. The molecule has 4 aliphatic carbocycles. The smallest absolute Gasteiger partial charge is 1.00 e. The van der Waals surface area contributed by atoms with Gasteiger partial charge in [0.05, 0.1) is 40.5 Å². The number of rotatable bonds is 13. The number of aliphatic hydroxyl groups excluding tert-OH is 1. The molecule has 1 N–H and O–H groups in total. The number of halogens is 7. The molecule has 0 aliphatic heterocycles. The Morgan fingerprint density at radius 1 is 0.547 bits per heavy atom. The second-order valence-electron chi connectivity index (χ2n) is 19.0. The van der Waals surface area contributed by atoms with Crippen molar-refractivity contribution < 1.29 is 108 Å². The number of hydrogen-bond acceptors (Lipinski definition) is 6. The summed E-state index contributed by atoms with van der Waals surface area (Å²) in [6.07, 6.45) is 29.8. The van der Waals surface area contributed by atoms with Crippen LogP contribution in [0.1, 0.15) is 190 Å². The summed E-state index contributed by atoms with van der Waals surface area (Å²) in [6, 6.07) is 10.2. The Kier molecular flexibility index (Phi) is 61.2. The molecule has 2 aromatic rings. The van der Waals surface area contributed by atoms with Gasteiger partial charge in [-0.1, -0.05) is 153 Å². The van der Waals surface area contributed by atoms with Crippen molar-refractivity contribution in [1.29, 1.82) is 0 Å². The molecule has 7 nitrogen and oxygen atoms in total. The number of benzene rings is 2. The number of carbonyl (C=O) groups excluding carboxylic acids is 2. The number of nitrogens with zero attached hydrogens (tertiary/aromatic N) is 3. The molecule has 2 atom stereocenters. The zero-order chi connectivity index (χ0) is 51.5. The normalized spacial score (nSPS) is 15.4. The summed E-state index contributed by atoms with van der Waals surface area (Å²) in [7, 11) is 6.54. The fourth-order valence-electron chi connectivity index (χ4n) is 6.69. The van der Waals surface area contributed by atoms with Crippen LogP contribution in [0.25, 0.3) is 9.69 Å². The Bertz CT molecular complexity index is 1660. The van der Waals surface area contributed by atoms with Crippen molar-refractivity contribution in [3.63, 3.8) is 0 Å². The number of hydrogen-bond donors (Lipinski definition) is 1. The molecule has 0 bridgehead atoms. The Morgan fingerprint density at radius 2 is 0.773 bits per heavy atom. The van der Waals surface area contributed by atoms with Crippen molar-refractivity contribution in [2.45, 2.75) is 201 Å². The first kappa shape index (κ1) is 90.2. The van der Waals surface area contributed by atoms with E-state index in [0.29, 0.717) is 6.61 Å². The van der Waals surface area contributed by atoms with Crippen LogP contribution in [0.2, 0.25) is 0 Å². The third kappa shape index (κ3) is 51.9. The van der Waals surface area contributed by atoms with Gasteiger partial charge in [0.15, 0.2) is 11.6 Å². The number of Topliss-reactive ketones (excluding diaryl/α,β-unsaturated/α-hetero) is 2. The van der Waals surface area contributed by atoms with Crippen LogP contribution in [0.15, 0.2) is 58.3 Å². The van der Waals surface area contributed by atoms with E-state index in [2.05, 4.69) is 37.8 Å². The Morgan fingerprint density at radius 3 is 0.947 bits per heavy atom. The van der Waals surface area contributed by atoms with E-state index in [9.17, 15) is 35.9 Å². The SMILES string of the molecule is C1CCCC1.C1CCCC1.C1CCCC1.C1CCCC1.CC[N+](C)(C)C.[C-]#[N+]C(C)(CO)CC(=O)c1ccc(SC(F)(F)F)cc1.[C-]#[N+]C(C)(COCC)CC(=O)c1ccc(SC(F)(F)F)cc1.[CH3-].[CH3-].[CH3-].[CH3-].[Fe+2].[Fe+2].[I-]. The van der Waals surface area contributed by atoms with Gasteiger partial charge < -0.3 is 77.7 Å². The minimum atomic E-state index is -4.37. The predicted molar refractivity (Wildman–Crippen MR) is 295 cm³/mol. The Hall–Kier alpha value is -1.31. The zero-order valence-electron chi connectivity index (χ0n) is 47.2. The molecule has 4 fully saturated rings. The summed E-state index contributed by atoms with van der Waals surface area (Å²) in [5.74, 6) is -0.678. The van der Waals surface area contributed by atoms with Crippen molar-refractivity contribution in [3.05, 3.63) is 112 Å². The van der Waals surface area contributed by atoms with Gasteiger partial charge in [0.2, 0.25) is 0 Å². The standard InChI is InChI=1S/C15H16F3NO2S.C13H12F3NO2S.C5H14N.4C5H10.4CH3.2Fe.HI/c1-4-21-10-14(2,19-3)9-13(20)11-5-7-12(8-6-11)22-15(16,17)18;1-12(8-18,17-2)7-11(19)9-3-5-10(6-4-9)20-13(14,15)16;1-5-6(2,3)4;4*1-2-4-5-3-1;;;;;;;/h5-8H,4,9-10H2,1-2H3;3-6,18H,7-8H2,1H3;5H2,1-4H3;4*1-5H2;4*1H3;;;1H/q;;+1;;;;;4*-1;2*+2;/p-1. The fourth-order valence-corrected chi connectivity index (χ4v) is 7.77. The molecule has 438 valence electrons. The van der Waals surface area contributed by atoms with Gasteiger partial charge in [-0.3, -0.25) is 9.59 Å². The van der Waals surface area contributed by atoms with E-state index >= 15 is 0 Å². The number of ether oxygens (including phenoxy) is 1. The molecule has 4 saturated carbocycles. The molecule has 18 heteroatoms. The van der Waals surface area contributed by atoms with Crippen molar-refractivity contribution >= 4 is 35.1 Å². The molecule has 75 heavy (non-hydrogen) atoms. The minimum Gasteiger partial charge on any atom is -1.00 e. The second kappa shape index (κ2) is 50.9. The molecular weight excluding hydrogens is 1210 g/mol. The average Bonchev–Trinajstić information content (AvgIpc) is 4.16. The number of aliphatic hydroxyl groups is 1. The zero-order valence-corrected chi connectivity index (χ0v) is 53.2. The van der Waals surface area contributed by atoms with Gasteiger partial charge in [0.1, 0.15) is 13.2 Å². The summed E-state index contributed by atoms with van der Waals surface area (Å²) in [5, 5.41) is 9.06. The van der Waals surface area contributed by atoms with Crippen LogP contribution >= 0.6 is 23.5 Å². The summed E-state index contributed by atoms with van der Waals surface area (Å²) >= 11 is -0.486. The summed E-state index contributed by atoms with van der Waals surface area (Å²) in [6.45, 7) is 22.5. The molecule has 4 aliphatic rings. The van der Waals surface area contributed by atoms with Crippen molar-refractivity contribution in [1.82, 2.24) is 0 Å². The fraction of sp³-hybridized carbons (Fsp3) is 0.649. The van der Waals surface area contributed by atoms with E-state index < -0.39 is 28.7 Å². The number of ketones is 2. The maximum atomic E-state index is 12.2. The number of quaternary nitrogens is 1. The quantitative estimate of drug-likeness (QED) is 0.0410. The number of carbonyl (C=O) groups is 2. The van der Waals surface area contributed by atoms with Gasteiger partial charge in [-0.05, 0) is 61.6 Å². The molecular formula is C57H94F6Fe2IN3O4S2. The predicted octanol–water partition coefficient (Wildman–Crippen LogP) is 15.4. The summed E-state index contributed by atoms with van der Waals surface area (Å²) in [5.41, 5.74) is -10.4. The average molecular weight is 1300 g/mol. The maximum absolute atomic E-state index is 12.2. The minimum absolute atomic E-state index is 0. The summed E-state index contributed by atoms with van der Waals surface area (Å²) in [4.78, 5) is 30.7. The van der Waals surface area contributed by atoms with E-state index in [-0.39, 0.29) is 163 Å². The van der Waals surface area contributed by atoms with E-state index in [1.54, 1.807) is 13.8 Å². The first-order valence-electron chi connectivity index (χ1n) is 24.5. The van der Waals surface area contributed by atoms with E-state index in [0.717, 1.165) is 4.48 Å². The third-order valence-electron chi connectivity index (χ3n) is 11.3. The van der Waals surface area contributed by atoms with Crippen LogP contribution in [-0.2, 0) is 38.9 Å². The van der Waals surface area contributed by atoms with Crippen LogP contribution in [0.5, 0.6) is 0 Å². The first-order valence-corrected chi connectivity index (χ1v) is 26.1. The Balaban J connectivity index is -0.000000127. The topological polar surface area (TPSA) is 72.3 Å².